The summed E-state index contributed by atoms with van der Waals surface area (Å²) >= 11 is 0. The van der Waals surface area contributed by atoms with Crippen molar-refractivity contribution in [2.75, 3.05) is 17.7 Å². The Bertz CT molecular complexity index is 716. The average molecular weight is 328 g/mol. The lowest BCUT2D eigenvalue weighted by atomic mass is 10.1. The van der Waals surface area contributed by atoms with Crippen LogP contribution in [0.3, 0.4) is 0 Å². The van der Waals surface area contributed by atoms with E-state index in [1.54, 1.807) is 24.3 Å². The molecule has 1 amide bonds. The van der Waals surface area contributed by atoms with Crippen molar-refractivity contribution in [1.29, 1.82) is 0 Å². The first-order valence-corrected chi connectivity index (χ1v) is 7.62. The zero-order valence-corrected chi connectivity index (χ0v) is 13.9. The SMILES string of the molecule is CCC(C)Nc1cnc(C(=O)Nc2ccccc2C(=O)OC)cn1. The summed E-state index contributed by atoms with van der Waals surface area (Å²) in [4.78, 5) is 32.3. The number of ether oxygens (including phenoxy) is 1. The second-order valence-corrected chi connectivity index (χ2v) is 5.23. The number of rotatable bonds is 6. The summed E-state index contributed by atoms with van der Waals surface area (Å²) in [5.41, 5.74) is 0.790. The van der Waals surface area contributed by atoms with Gasteiger partial charge in [-0.05, 0) is 25.5 Å². The van der Waals surface area contributed by atoms with Crippen LogP contribution in [0.4, 0.5) is 11.5 Å². The van der Waals surface area contributed by atoms with Gasteiger partial charge in [-0.1, -0.05) is 19.1 Å². The van der Waals surface area contributed by atoms with Gasteiger partial charge in [-0.3, -0.25) is 4.79 Å². The molecule has 0 aliphatic heterocycles. The molecule has 2 N–H and O–H groups in total. The van der Waals surface area contributed by atoms with Crippen molar-refractivity contribution in [1.82, 2.24) is 9.97 Å². The first-order valence-electron chi connectivity index (χ1n) is 7.62. The minimum atomic E-state index is -0.523. The number of anilines is 2. The number of carbonyl (C=O) groups is 2. The average Bonchev–Trinajstić information content (AvgIpc) is 2.62. The van der Waals surface area contributed by atoms with Crippen LogP contribution in [0.5, 0.6) is 0 Å². The highest BCUT2D eigenvalue weighted by atomic mass is 16.5. The molecule has 0 aliphatic rings. The van der Waals surface area contributed by atoms with Crippen LogP contribution in [0.15, 0.2) is 36.7 Å². The van der Waals surface area contributed by atoms with Gasteiger partial charge in [0.15, 0.2) is 0 Å². The summed E-state index contributed by atoms with van der Waals surface area (Å²) in [7, 11) is 1.29. The van der Waals surface area contributed by atoms with Crippen LogP contribution >= 0.6 is 0 Å². The number of carbonyl (C=O) groups excluding carboxylic acids is 2. The molecule has 1 atom stereocenters. The molecule has 0 radical (unpaired) electrons. The van der Waals surface area contributed by atoms with Crippen LogP contribution in [-0.2, 0) is 4.74 Å². The van der Waals surface area contributed by atoms with Crippen LogP contribution in [0.2, 0.25) is 0 Å². The monoisotopic (exact) mass is 328 g/mol. The molecule has 0 spiro atoms. The number of benzene rings is 1. The normalized spacial score (nSPS) is 11.5. The van der Waals surface area contributed by atoms with Crippen molar-refractivity contribution in [2.45, 2.75) is 26.3 Å². The smallest absolute Gasteiger partial charge is 0.339 e. The van der Waals surface area contributed by atoms with Gasteiger partial charge in [0.2, 0.25) is 0 Å². The number of hydrogen-bond acceptors (Lipinski definition) is 6. The molecule has 1 aromatic heterocycles. The summed E-state index contributed by atoms with van der Waals surface area (Å²) in [6.45, 7) is 4.09. The molecule has 1 aromatic carbocycles. The highest BCUT2D eigenvalue weighted by molar-refractivity contribution is 6.06. The van der Waals surface area contributed by atoms with Gasteiger partial charge in [0.05, 0.1) is 30.8 Å². The molecule has 2 rings (SSSR count). The van der Waals surface area contributed by atoms with Gasteiger partial charge in [-0.25, -0.2) is 14.8 Å². The molecule has 1 unspecified atom stereocenters. The molecule has 0 bridgehead atoms. The Morgan fingerprint density at radius 3 is 2.58 bits per heavy atom. The van der Waals surface area contributed by atoms with E-state index in [4.69, 9.17) is 4.74 Å². The Morgan fingerprint density at radius 1 is 1.21 bits per heavy atom. The Kier molecular flexibility index (Phi) is 5.83. The minimum Gasteiger partial charge on any atom is -0.465 e. The molecule has 7 heteroatoms. The van der Waals surface area contributed by atoms with E-state index in [1.165, 1.54) is 19.5 Å². The van der Waals surface area contributed by atoms with E-state index in [9.17, 15) is 9.59 Å². The molecule has 2 aromatic rings. The maximum atomic E-state index is 12.3. The van der Waals surface area contributed by atoms with Crippen LogP contribution < -0.4 is 10.6 Å². The van der Waals surface area contributed by atoms with Crippen molar-refractivity contribution in [2.24, 2.45) is 0 Å². The summed E-state index contributed by atoms with van der Waals surface area (Å²) in [6.07, 6.45) is 3.85. The summed E-state index contributed by atoms with van der Waals surface area (Å²) in [6, 6.07) is 6.87. The number of nitrogens with one attached hydrogen (secondary N) is 2. The number of amides is 1. The predicted molar refractivity (Wildman–Crippen MR) is 91.1 cm³/mol. The number of aromatic nitrogens is 2. The molecule has 0 saturated heterocycles. The fourth-order valence-corrected chi connectivity index (χ4v) is 1.94. The van der Waals surface area contributed by atoms with E-state index in [0.29, 0.717) is 11.5 Å². The van der Waals surface area contributed by atoms with Gasteiger partial charge >= 0.3 is 5.97 Å². The van der Waals surface area contributed by atoms with Crippen LogP contribution in [0.1, 0.15) is 41.1 Å². The second-order valence-electron chi connectivity index (χ2n) is 5.23. The third kappa shape index (κ3) is 4.28. The van der Waals surface area contributed by atoms with Gasteiger partial charge in [-0.2, -0.15) is 0 Å². The lowest BCUT2D eigenvalue weighted by Crippen LogP contribution is -2.18. The number of esters is 1. The lowest BCUT2D eigenvalue weighted by molar-refractivity contribution is 0.0602. The number of nitrogens with zero attached hydrogens (tertiary/aromatic N) is 2. The third-order valence-corrected chi connectivity index (χ3v) is 3.47. The van der Waals surface area contributed by atoms with E-state index < -0.39 is 11.9 Å². The fraction of sp³-hybridized carbons (Fsp3) is 0.294. The highest BCUT2D eigenvalue weighted by Gasteiger charge is 2.15. The molecule has 1 heterocycles. The topological polar surface area (TPSA) is 93.2 Å². The molecule has 0 saturated carbocycles. The van der Waals surface area contributed by atoms with Crippen LogP contribution in [0.25, 0.3) is 0 Å². The van der Waals surface area contributed by atoms with Crippen LogP contribution in [0, 0.1) is 0 Å². The molecule has 0 fully saturated rings. The van der Waals surface area contributed by atoms with Gasteiger partial charge in [0.25, 0.3) is 5.91 Å². The van der Waals surface area contributed by atoms with Gasteiger partial charge in [-0.15, -0.1) is 0 Å². The third-order valence-electron chi connectivity index (χ3n) is 3.47. The van der Waals surface area contributed by atoms with Gasteiger partial charge in [0.1, 0.15) is 11.5 Å². The maximum absolute atomic E-state index is 12.3. The molecule has 7 nitrogen and oxygen atoms in total. The fourth-order valence-electron chi connectivity index (χ4n) is 1.94. The zero-order chi connectivity index (χ0) is 17.5. The Morgan fingerprint density at radius 2 is 1.96 bits per heavy atom. The summed E-state index contributed by atoms with van der Waals surface area (Å²) in [5.74, 6) is -0.366. The van der Waals surface area contributed by atoms with Crippen molar-refractivity contribution >= 4 is 23.4 Å². The van der Waals surface area contributed by atoms with Crippen molar-refractivity contribution in [3.05, 3.63) is 47.9 Å². The van der Waals surface area contributed by atoms with Crippen molar-refractivity contribution < 1.29 is 14.3 Å². The van der Waals surface area contributed by atoms with E-state index >= 15 is 0 Å². The maximum Gasteiger partial charge on any atom is 0.339 e. The Labute approximate surface area is 140 Å². The molecule has 24 heavy (non-hydrogen) atoms. The Hall–Kier alpha value is -2.96. The second kappa shape index (κ2) is 8.05. The van der Waals surface area contributed by atoms with E-state index in [1.807, 2.05) is 6.92 Å². The largest absolute Gasteiger partial charge is 0.465 e. The standard InChI is InChI=1S/C17H20N4O3/c1-4-11(2)20-15-10-18-14(9-19-15)16(22)21-13-8-6-5-7-12(13)17(23)24-3/h5-11H,4H2,1-3H3,(H,19,20)(H,21,22). The zero-order valence-electron chi connectivity index (χ0n) is 13.9. The summed E-state index contributed by atoms with van der Waals surface area (Å²) in [5, 5.41) is 5.82. The lowest BCUT2D eigenvalue weighted by Gasteiger charge is -2.12. The van der Waals surface area contributed by atoms with Gasteiger partial charge < -0.3 is 15.4 Å². The summed E-state index contributed by atoms with van der Waals surface area (Å²) < 4.78 is 4.70. The van der Waals surface area contributed by atoms with E-state index in [0.717, 1.165) is 6.42 Å². The van der Waals surface area contributed by atoms with E-state index in [2.05, 4.69) is 27.5 Å². The molecule has 0 aliphatic carbocycles. The predicted octanol–water partition coefficient (Wildman–Crippen LogP) is 2.73. The highest BCUT2D eigenvalue weighted by Crippen LogP contribution is 2.17. The minimum absolute atomic E-state index is 0.157. The van der Waals surface area contributed by atoms with Crippen LogP contribution in [-0.4, -0.2) is 35.0 Å². The van der Waals surface area contributed by atoms with Gasteiger partial charge in [0, 0.05) is 6.04 Å². The number of hydrogen-bond donors (Lipinski definition) is 2. The molecular formula is C17H20N4O3. The first kappa shape index (κ1) is 17.4. The number of methoxy groups -OCH3 is 1. The molecule has 126 valence electrons. The first-order chi connectivity index (χ1) is 11.5. The van der Waals surface area contributed by atoms with Crippen molar-refractivity contribution in [3.63, 3.8) is 0 Å². The number of para-hydroxylation sites is 1. The van der Waals surface area contributed by atoms with E-state index in [-0.39, 0.29) is 17.3 Å². The van der Waals surface area contributed by atoms with Crippen molar-refractivity contribution in [3.8, 4) is 0 Å². The quantitative estimate of drug-likeness (QED) is 0.792. The molecular weight excluding hydrogens is 308 g/mol. The Balaban J connectivity index is 2.12.